The van der Waals surface area contributed by atoms with Gasteiger partial charge < -0.3 is 52.4 Å². The van der Waals surface area contributed by atoms with Crippen LogP contribution in [0.2, 0.25) is 0 Å². The molecule has 7 rings (SSSR count). The van der Waals surface area contributed by atoms with E-state index in [1.807, 2.05) is 0 Å². The topological polar surface area (TPSA) is 314 Å². The zero-order valence-electron chi connectivity index (χ0n) is 22.2. The Kier molecular flexibility index (Phi) is 6.23. The first-order chi connectivity index (χ1) is 20.7. The van der Waals surface area contributed by atoms with E-state index in [2.05, 4.69) is 51.2 Å². The maximum Gasteiger partial charge on any atom is 0.280 e. The standard InChI is InChI=1S/C22H28N16O5/c23-14-10-15(30-3-29-14)37(4-31-10)19-13(40)8-6(42-19)1-27-21(25)34-9-12(39)7(2-28-20(24)33-8)43-18(9)38-5-32-11-16(38)35-22(26)36-17(11)41/h3-9,12-13,18-19,39-40H,1-2H2,(H2,23,29,30)(H3,24,28,33)(H3,25,27,34)(H3,26,35,36,41)/t6-,7-,8?,9?,12?,13?,18-,19-/m1/s1. The number of aliphatic hydroxyl groups is 2. The van der Waals surface area contributed by atoms with Gasteiger partial charge in [-0.2, -0.15) is 4.98 Å². The molecule has 3 aliphatic rings. The summed E-state index contributed by atoms with van der Waals surface area (Å²) in [6.45, 7) is -0.00131. The molecular formula is C22H28N16O5. The molecule has 0 aromatic carbocycles. The second-order valence-electron chi connectivity index (χ2n) is 10.3. The van der Waals surface area contributed by atoms with Crippen LogP contribution in [0.15, 0.2) is 23.8 Å². The van der Waals surface area contributed by atoms with Crippen molar-refractivity contribution in [3.05, 3.63) is 29.3 Å². The lowest BCUT2D eigenvalue weighted by Gasteiger charge is -2.26. The molecule has 3 saturated heterocycles. The monoisotopic (exact) mass is 596 g/mol. The Labute approximate surface area is 240 Å². The van der Waals surface area contributed by atoms with Crippen LogP contribution in [-0.4, -0.2) is 111 Å². The second kappa shape index (κ2) is 10.0. The molecule has 0 radical (unpaired) electrons. The summed E-state index contributed by atoms with van der Waals surface area (Å²) in [4.78, 5) is 35.4. The van der Waals surface area contributed by atoms with Gasteiger partial charge in [0.2, 0.25) is 5.95 Å². The number of aliphatic hydroxyl groups excluding tert-OH is 2. The molecule has 0 spiro atoms. The minimum atomic E-state index is -1.17. The first kappa shape index (κ1) is 26.8. The Hall–Kier alpha value is -5.12. The van der Waals surface area contributed by atoms with E-state index in [1.54, 1.807) is 0 Å². The number of anilines is 2. The SMILES string of the molecule is N=C1NC[C@H]2O[C@@H](n3cnc4c(N)ncnc43)C(O)C2NC(=N)NC[C@H]2O[C@@H](n3cnc4c(=O)[nH]c(N)nc43)C(N1)C2O. The van der Waals surface area contributed by atoms with E-state index in [-0.39, 0.29) is 47.9 Å². The number of aromatic amines is 1. The highest BCUT2D eigenvalue weighted by atomic mass is 16.5. The summed E-state index contributed by atoms with van der Waals surface area (Å²) >= 11 is 0. The number of nitrogen functional groups attached to an aromatic ring is 2. The molecular weight excluding hydrogens is 568 g/mol. The number of hydrogen-bond donors (Lipinski definition) is 11. The molecule has 4 aromatic rings. The molecule has 21 heteroatoms. The van der Waals surface area contributed by atoms with Gasteiger partial charge in [-0.1, -0.05) is 0 Å². The van der Waals surface area contributed by atoms with Crippen LogP contribution in [0.5, 0.6) is 0 Å². The quantitative estimate of drug-likeness (QED) is 0.104. The van der Waals surface area contributed by atoms with E-state index < -0.39 is 54.5 Å². The molecule has 4 aromatic heterocycles. The molecule has 2 bridgehead atoms. The zero-order valence-corrected chi connectivity index (χ0v) is 22.2. The van der Waals surface area contributed by atoms with Crippen molar-refractivity contribution in [3.8, 4) is 0 Å². The van der Waals surface area contributed by atoms with Gasteiger partial charge in [0.25, 0.3) is 5.56 Å². The van der Waals surface area contributed by atoms with Crippen LogP contribution in [0.4, 0.5) is 11.8 Å². The number of imidazole rings is 2. The lowest BCUT2D eigenvalue weighted by molar-refractivity contribution is -0.0332. The number of nitrogens with two attached hydrogens (primary N) is 2. The van der Waals surface area contributed by atoms with Crippen LogP contribution in [0.25, 0.3) is 22.3 Å². The van der Waals surface area contributed by atoms with Crippen molar-refractivity contribution in [3.63, 3.8) is 0 Å². The lowest BCUT2D eigenvalue weighted by Crippen LogP contribution is -2.55. The predicted octanol–water partition coefficient (Wildman–Crippen LogP) is -4.38. The average Bonchev–Trinajstić information content (AvgIpc) is 3.72. The second-order valence-corrected chi connectivity index (χ2v) is 10.3. The van der Waals surface area contributed by atoms with Crippen LogP contribution in [0.3, 0.4) is 0 Å². The number of ether oxygens (including phenoxy) is 2. The van der Waals surface area contributed by atoms with Gasteiger partial charge in [-0.05, 0) is 0 Å². The predicted molar refractivity (Wildman–Crippen MR) is 147 cm³/mol. The summed E-state index contributed by atoms with van der Waals surface area (Å²) in [5, 5.41) is 51.2. The summed E-state index contributed by atoms with van der Waals surface area (Å²) in [7, 11) is 0. The van der Waals surface area contributed by atoms with E-state index in [4.69, 9.17) is 31.8 Å². The molecule has 13 N–H and O–H groups in total. The molecule has 0 amide bonds. The molecule has 8 atom stereocenters. The van der Waals surface area contributed by atoms with Gasteiger partial charge in [0.15, 0.2) is 47.0 Å². The maximum atomic E-state index is 12.3. The lowest BCUT2D eigenvalue weighted by atomic mass is 10.1. The number of nitrogens with one attached hydrogen (secondary N) is 7. The van der Waals surface area contributed by atoms with E-state index in [1.165, 1.54) is 28.1 Å². The van der Waals surface area contributed by atoms with Gasteiger partial charge >= 0.3 is 0 Å². The van der Waals surface area contributed by atoms with Gasteiger partial charge in [-0.15, -0.1) is 0 Å². The fourth-order valence-corrected chi connectivity index (χ4v) is 5.66. The Morgan fingerprint density at radius 1 is 0.837 bits per heavy atom. The molecule has 3 fully saturated rings. The molecule has 226 valence electrons. The van der Waals surface area contributed by atoms with E-state index in [9.17, 15) is 15.0 Å². The fraction of sp³-hybridized carbons (Fsp3) is 0.455. The smallest absolute Gasteiger partial charge is 0.280 e. The van der Waals surface area contributed by atoms with Crippen molar-refractivity contribution in [2.75, 3.05) is 24.6 Å². The van der Waals surface area contributed by atoms with Crippen LogP contribution in [0, 0.1) is 10.8 Å². The van der Waals surface area contributed by atoms with Crippen LogP contribution in [0.1, 0.15) is 12.5 Å². The third-order valence-corrected chi connectivity index (χ3v) is 7.71. The third-order valence-electron chi connectivity index (χ3n) is 7.71. The Balaban J connectivity index is 1.16. The Morgan fingerprint density at radius 2 is 1.49 bits per heavy atom. The molecule has 0 saturated carbocycles. The molecule has 43 heavy (non-hydrogen) atoms. The van der Waals surface area contributed by atoms with Crippen LogP contribution >= 0.6 is 0 Å². The highest BCUT2D eigenvalue weighted by Crippen LogP contribution is 2.33. The normalized spacial score (nSPS) is 31.3. The molecule has 3 aliphatic heterocycles. The number of hydrogen-bond acceptors (Lipinski definition) is 14. The first-order valence-electron chi connectivity index (χ1n) is 13.2. The summed E-state index contributed by atoms with van der Waals surface area (Å²) < 4.78 is 15.3. The summed E-state index contributed by atoms with van der Waals surface area (Å²) in [6.07, 6.45) is -1.80. The average molecular weight is 597 g/mol. The minimum Gasteiger partial charge on any atom is -0.388 e. The summed E-state index contributed by atoms with van der Waals surface area (Å²) in [5.74, 6) is -0.282. The van der Waals surface area contributed by atoms with Crippen molar-refractivity contribution in [1.82, 2.24) is 60.3 Å². The molecule has 7 heterocycles. The van der Waals surface area contributed by atoms with Gasteiger partial charge in [0.05, 0.1) is 18.7 Å². The van der Waals surface area contributed by atoms with Crippen molar-refractivity contribution < 1.29 is 19.7 Å². The Bertz CT molecular complexity index is 1790. The highest BCUT2D eigenvalue weighted by molar-refractivity contribution is 5.81. The van der Waals surface area contributed by atoms with Gasteiger partial charge in [0, 0.05) is 13.1 Å². The van der Waals surface area contributed by atoms with E-state index >= 15 is 0 Å². The number of aromatic nitrogens is 8. The zero-order chi connectivity index (χ0) is 30.0. The first-order valence-corrected chi connectivity index (χ1v) is 13.2. The molecule has 0 aliphatic carbocycles. The molecule has 4 unspecified atom stereocenters. The Morgan fingerprint density at radius 3 is 2.26 bits per heavy atom. The maximum absolute atomic E-state index is 12.3. The summed E-state index contributed by atoms with van der Waals surface area (Å²) in [5.41, 5.74) is 12.0. The van der Waals surface area contributed by atoms with E-state index in [0.29, 0.717) is 11.2 Å². The van der Waals surface area contributed by atoms with Crippen molar-refractivity contribution >= 4 is 46.0 Å². The fourth-order valence-electron chi connectivity index (χ4n) is 5.66. The third kappa shape index (κ3) is 4.41. The highest BCUT2D eigenvalue weighted by Gasteiger charge is 2.48. The summed E-state index contributed by atoms with van der Waals surface area (Å²) in [6, 6.07) is -1.71. The molecule has 21 nitrogen and oxygen atoms in total. The number of fused-ring (bicyclic) bond motifs is 5. The van der Waals surface area contributed by atoms with Gasteiger partial charge in [-0.3, -0.25) is 29.7 Å². The van der Waals surface area contributed by atoms with Crippen molar-refractivity contribution in [1.29, 1.82) is 10.8 Å². The van der Waals surface area contributed by atoms with Gasteiger partial charge in [0.1, 0.15) is 42.3 Å². The number of guanidine groups is 2. The van der Waals surface area contributed by atoms with Crippen LogP contribution < -0.4 is 38.3 Å². The van der Waals surface area contributed by atoms with Gasteiger partial charge in [-0.25, -0.2) is 19.9 Å². The number of H-pyrrole nitrogens is 1. The number of rotatable bonds is 2. The largest absolute Gasteiger partial charge is 0.388 e. The van der Waals surface area contributed by atoms with Crippen molar-refractivity contribution in [2.45, 2.75) is 49.0 Å². The van der Waals surface area contributed by atoms with E-state index in [0.717, 1.165) is 0 Å². The minimum absolute atomic E-state index is 0.0212. The van der Waals surface area contributed by atoms with Crippen molar-refractivity contribution in [2.24, 2.45) is 0 Å². The van der Waals surface area contributed by atoms with Crippen LogP contribution in [-0.2, 0) is 9.47 Å². The number of nitrogens with zero attached hydrogens (tertiary/aromatic N) is 7.